The molecule has 1 aliphatic rings. The number of rotatable bonds is 7. The maximum Gasteiger partial charge on any atom is 0.160 e. The van der Waals surface area contributed by atoms with Gasteiger partial charge in [-0.15, -0.1) is 0 Å². The van der Waals surface area contributed by atoms with Gasteiger partial charge in [0.25, 0.3) is 0 Å². The molecule has 294 valence electrons. The quantitative estimate of drug-likeness (QED) is 0.160. The van der Waals surface area contributed by atoms with E-state index >= 15 is 0 Å². The van der Waals surface area contributed by atoms with Gasteiger partial charge in [-0.3, -0.25) is 0 Å². The molecule has 1 aromatic heterocycles. The van der Waals surface area contributed by atoms with Gasteiger partial charge in [-0.2, -0.15) is 0 Å². The number of fused-ring (bicyclic) bond motifs is 6. The molecule has 0 saturated carbocycles. The van der Waals surface area contributed by atoms with Crippen LogP contribution in [-0.2, 0) is 5.41 Å². The lowest BCUT2D eigenvalue weighted by molar-refractivity contribution is 0.777. The van der Waals surface area contributed by atoms with Gasteiger partial charge in [0.05, 0.1) is 16.8 Å². The van der Waals surface area contributed by atoms with E-state index in [0.29, 0.717) is 5.82 Å². The van der Waals surface area contributed by atoms with Crippen molar-refractivity contribution in [2.24, 2.45) is 0 Å². The molecule has 0 amide bonds. The van der Waals surface area contributed by atoms with Crippen molar-refractivity contribution in [2.75, 3.05) is 0 Å². The molecule has 11 aromatic rings. The Morgan fingerprint density at radius 2 is 0.730 bits per heavy atom. The third-order valence-corrected chi connectivity index (χ3v) is 13.0. The summed E-state index contributed by atoms with van der Waals surface area (Å²) in [4.78, 5) is 10.5. The van der Waals surface area contributed by atoms with E-state index in [-0.39, 0.29) is 0 Å². The third kappa shape index (κ3) is 5.95. The zero-order valence-electron chi connectivity index (χ0n) is 34.5. The van der Waals surface area contributed by atoms with E-state index < -0.39 is 5.41 Å². The summed E-state index contributed by atoms with van der Waals surface area (Å²) in [5.41, 5.74) is 16.7. The smallest absolute Gasteiger partial charge is 0.160 e. The van der Waals surface area contributed by atoms with Gasteiger partial charge >= 0.3 is 0 Å². The van der Waals surface area contributed by atoms with Crippen molar-refractivity contribution in [1.29, 1.82) is 0 Å². The van der Waals surface area contributed by atoms with E-state index in [1.54, 1.807) is 0 Å². The number of benzene rings is 10. The zero-order valence-corrected chi connectivity index (χ0v) is 34.5. The predicted octanol–water partition coefficient (Wildman–Crippen LogP) is 15.5. The molecule has 0 fully saturated rings. The van der Waals surface area contributed by atoms with E-state index in [1.807, 2.05) is 18.2 Å². The first-order valence-electron chi connectivity index (χ1n) is 21.7. The zero-order chi connectivity index (χ0) is 41.7. The summed E-state index contributed by atoms with van der Waals surface area (Å²) >= 11 is 0. The van der Waals surface area contributed by atoms with Gasteiger partial charge in [-0.25, -0.2) is 9.97 Å². The number of aromatic nitrogens is 2. The highest BCUT2D eigenvalue weighted by Crippen LogP contribution is 2.60. The second-order valence-corrected chi connectivity index (χ2v) is 16.4. The van der Waals surface area contributed by atoms with E-state index in [2.05, 4.69) is 224 Å². The lowest BCUT2D eigenvalue weighted by Gasteiger charge is -2.36. The molecule has 0 saturated heterocycles. The third-order valence-electron chi connectivity index (χ3n) is 13.0. The molecule has 0 N–H and O–H groups in total. The molecule has 0 spiro atoms. The van der Waals surface area contributed by atoms with Crippen LogP contribution in [0.5, 0.6) is 0 Å². The molecule has 0 bridgehead atoms. The van der Waals surface area contributed by atoms with Crippen molar-refractivity contribution >= 4 is 21.5 Å². The maximum atomic E-state index is 5.32. The van der Waals surface area contributed by atoms with Crippen LogP contribution in [-0.4, -0.2) is 9.97 Å². The Hall–Kier alpha value is -8.20. The molecule has 10 aromatic carbocycles. The molecular formula is C61H40N2. The summed E-state index contributed by atoms with van der Waals surface area (Å²) in [5, 5.41) is 4.82. The molecule has 1 aliphatic carbocycles. The Bertz CT molecular complexity index is 3430. The van der Waals surface area contributed by atoms with E-state index in [4.69, 9.17) is 9.97 Å². The summed E-state index contributed by atoms with van der Waals surface area (Å²) in [7, 11) is 0. The standard InChI is InChI=1S/C61H40N2/c1-5-18-41(19-6-1)42-32-34-44(35-33-42)56-40-57(63-60(62-56)45-21-7-2-8-22-45)52-39-38-51(49-28-15-16-29-50(49)52)53-30-17-31-54-55-37-36-43-20-13-14-27-48(43)58(55)61(59(53)54,46-23-9-3-10-24-46)47-25-11-4-12-26-47/h1-40H. The van der Waals surface area contributed by atoms with Gasteiger partial charge in [0, 0.05) is 16.7 Å². The Balaban J connectivity index is 1.09. The normalized spacial score (nSPS) is 12.6. The highest BCUT2D eigenvalue weighted by Gasteiger charge is 2.48. The molecule has 1 heterocycles. The van der Waals surface area contributed by atoms with E-state index in [9.17, 15) is 0 Å². The molecular weight excluding hydrogens is 761 g/mol. The Morgan fingerprint density at radius 1 is 0.270 bits per heavy atom. The van der Waals surface area contributed by atoms with Crippen molar-refractivity contribution in [3.8, 4) is 67.3 Å². The summed E-state index contributed by atoms with van der Waals surface area (Å²) in [5.74, 6) is 0.699. The molecule has 0 aliphatic heterocycles. The van der Waals surface area contributed by atoms with Crippen molar-refractivity contribution in [2.45, 2.75) is 5.41 Å². The largest absolute Gasteiger partial charge is 0.228 e. The first kappa shape index (κ1) is 36.6. The van der Waals surface area contributed by atoms with Crippen LogP contribution in [0.3, 0.4) is 0 Å². The lowest BCUT2D eigenvalue weighted by atomic mass is 9.65. The number of nitrogens with zero attached hydrogens (tertiary/aromatic N) is 2. The second-order valence-electron chi connectivity index (χ2n) is 16.4. The van der Waals surface area contributed by atoms with Gasteiger partial charge in [-0.05, 0) is 83.2 Å². The van der Waals surface area contributed by atoms with Crippen LogP contribution in [0.4, 0.5) is 0 Å². The van der Waals surface area contributed by atoms with Crippen LogP contribution >= 0.6 is 0 Å². The highest BCUT2D eigenvalue weighted by atomic mass is 14.9. The van der Waals surface area contributed by atoms with Gasteiger partial charge in [-0.1, -0.05) is 237 Å². The maximum absolute atomic E-state index is 5.32. The molecule has 0 atom stereocenters. The Labute approximate surface area is 367 Å². The first-order chi connectivity index (χ1) is 31.3. The van der Waals surface area contributed by atoms with Crippen molar-refractivity contribution in [3.05, 3.63) is 265 Å². The minimum atomic E-state index is -0.591. The average Bonchev–Trinajstić information content (AvgIpc) is 3.69. The van der Waals surface area contributed by atoms with Crippen LogP contribution in [0.25, 0.3) is 88.8 Å². The fourth-order valence-corrected chi connectivity index (χ4v) is 10.2. The molecule has 2 heteroatoms. The molecule has 0 radical (unpaired) electrons. The lowest BCUT2D eigenvalue weighted by Crippen LogP contribution is -2.29. The van der Waals surface area contributed by atoms with E-state index in [0.717, 1.165) is 33.5 Å². The van der Waals surface area contributed by atoms with Gasteiger partial charge in [0.2, 0.25) is 0 Å². The molecule has 2 nitrogen and oxygen atoms in total. The minimum absolute atomic E-state index is 0.591. The molecule has 0 unspecified atom stereocenters. The highest BCUT2D eigenvalue weighted by molar-refractivity contribution is 6.08. The summed E-state index contributed by atoms with van der Waals surface area (Å²) in [6, 6.07) is 87.8. The molecule has 12 rings (SSSR count). The van der Waals surface area contributed by atoms with Gasteiger partial charge in [0.1, 0.15) is 0 Å². The number of hydrogen-bond donors (Lipinski definition) is 0. The van der Waals surface area contributed by atoms with Crippen LogP contribution in [0.2, 0.25) is 0 Å². The van der Waals surface area contributed by atoms with Crippen molar-refractivity contribution in [1.82, 2.24) is 9.97 Å². The monoisotopic (exact) mass is 800 g/mol. The second kappa shape index (κ2) is 15.1. The fraction of sp³-hybridized carbons (Fsp3) is 0.0164. The van der Waals surface area contributed by atoms with Crippen LogP contribution in [0.15, 0.2) is 243 Å². The minimum Gasteiger partial charge on any atom is -0.228 e. The Morgan fingerprint density at radius 3 is 1.40 bits per heavy atom. The fourth-order valence-electron chi connectivity index (χ4n) is 10.2. The van der Waals surface area contributed by atoms with E-state index in [1.165, 1.54) is 71.8 Å². The predicted molar refractivity (Wildman–Crippen MR) is 262 cm³/mol. The van der Waals surface area contributed by atoms with Crippen molar-refractivity contribution < 1.29 is 0 Å². The summed E-state index contributed by atoms with van der Waals surface area (Å²) in [6.45, 7) is 0. The van der Waals surface area contributed by atoms with Crippen LogP contribution < -0.4 is 0 Å². The van der Waals surface area contributed by atoms with Gasteiger partial charge in [0.15, 0.2) is 5.82 Å². The van der Waals surface area contributed by atoms with Crippen LogP contribution in [0, 0.1) is 0 Å². The van der Waals surface area contributed by atoms with Crippen LogP contribution in [0.1, 0.15) is 22.3 Å². The summed E-state index contributed by atoms with van der Waals surface area (Å²) in [6.07, 6.45) is 0. The van der Waals surface area contributed by atoms with Gasteiger partial charge < -0.3 is 0 Å². The first-order valence-corrected chi connectivity index (χ1v) is 21.7. The molecule has 63 heavy (non-hydrogen) atoms. The van der Waals surface area contributed by atoms with Crippen molar-refractivity contribution in [3.63, 3.8) is 0 Å². The average molecular weight is 801 g/mol. The topological polar surface area (TPSA) is 25.8 Å². The Kier molecular flexibility index (Phi) is 8.76. The summed E-state index contributed by atoms with van der Waals surface area (Å²) < 4.78 is 0. The SMILES string of the molecule is c1ccc(-c2ccc(-c3cc(-c4ccc(-c5cccc6c5C(c5ccccc5)(c5ccccc5)c5c-6ccc6ccccc56)c5ccccc45)nc(-c4ccccc4)n3)cc2)cc1. The number of hydrogen-bond acceptors (Lipinski definition) is 2.